The Morgan fingerprint density at radius 2 is 1.87 bits per heavy atom. The van der Waals surface area contributed by atoms with E-state index in [4.69, 9.17) is 9.05 Å². The predicted octanol–water partition coefficient (Wildman–Crippen LogP) is 0.477. The summed E-state index contributed by atoms with van der Waals surface area (Å²) in [4.78, 5) is 23.6. The van der Waals surface area contributed by atoms with E-state index in [0.717, 1.165) is 4.78 Å². The van der Waals surface area contributed by atoms with E-state index in [0.29, 0.717) is 0 Å². The van der Waals surface area contributed by atoms with Crippen molar-refractivity contribution in [3.8, 4) is 0 Å². The van der Waals surface area contributed by atoms with Gasteiger partial charge in [0.2, 0.25) is 0 Å². The average molecular weight is 239 g/mol. The Kier molecular flexibility index (Phi) is 3.23. The Bertz CT molecular complexity index is 266. The molecule has 1 fully saturated rings. The number of hydrazine groups is 1. The normalized spacial score (nSPS) is 25.3. The topological polar surface area (TPSA) is 74.3 Å². The zero-order valence-corrected chi connectivity index (χ0v) is 10.2. The molecule has 0 aromatic rings. The summed E-state index contributed by atoms with van der Waals surface area (Å²) < 4.78 is 15.6. The van der Waals surface area contributed by atoms with Crippen LogP contribution < -0.4 is 4.89 Å². The van der Waals surface area contributed by atoms with Gasteiger partial charge in [-0.15, -0.1) is 0 Å². The van der Waals surface area contributed by atoms with E-state index in [1.165, 1.54) is 5.01 Å². The van der Waals surface area contributed by atoms with E-state index in [2.05, 4.69) is 4.52 Å². The Labute approximate surface area is 88.8 Å². The van der Waals surface area contributed by atoms with Gasteiger partial charge in [0.1, 0.15) is 0 Å². The molecule has 15 heavy (non-hydrogen) atoms. The molecule has 1 saturated heterocycles. The van der Waals surface area contributed by atoms with Gasteiger partial charge in [-0.25, -0.2) is 0 Å². The summed E-state index contributed by atoms with van der Waals surface area (Å²) in [7, 11) is -1.51. The van der Waals surface area contributed by atoms with Crippen LogP contribution in [0.1, 0.15) is 13.8 Å². The van der Waals surface area contributed by atoms with E-state index < -0.39 is 13.8 Å². The van der Waals surface area contributed by atoms with Gasteiger partial charge in [0, 0.05) is 0 Å². The number of carbonyl (C=O) groups is 1. The molecule has 0 aromatic carbocycles. The fourth-order valence-electron chi connectivity index (χ4n) is 1.39. The molecule has 1 rings (SSSR count). The molecule has 90 valence electrons. The second kappa shape index (κ2) is 3.84. The Hall–Kier alpha value is -0.460. The molecule has 1 aliphatic rings. The quantitative estimate of drug-likeness (QED) is 0.649. The van der Waals surface area contributed by atoms with Crippen LogP contribution in [0.5, 0.6) is 0 Å². The molecule has 0 saturated carbocycles. The van der Waals surface area contributed by atoms with Gasteiger partial charge in [0.05, 0.1) is 0 Å². The van der Waals surface area contributed by atoms with E-state index in [1.807, 2.05) is 0 Å². The van der Waals surface area contributed by atoms with Crippen LogP contribution in [-0.4, -0.2) is 43.2 Å². The molecule has 7 nitrogen and oxygen atoms in total. The summed E-state index contributed by atoms with van der Waals surface area (Å²) in [6.45, 7) is 3.54. The maximum absolute atomic E-state index is 12.4. The summed E-state index contributed by atoms with van der Waals surface area (Å²) >= 11 is 0. The van der Waals surface area contributed by atoms with Gasteiger partial charge < -0.3 is 0 Å². The van der Waals surface area contributed by atoms with Crippen molar-refractivity contribution in [3.63, 3.8) is 0 Å². The first-order chi connectivity index (χ1) is 6.88. The summed E-state index contributed by atoms with van der Waals surface area (Å²) in [6, 6.07) is 0. The number of carbonyl (C=O) groups excluding carboxylic acids is 1. The van der Waals surface area contributed by atoms with E-state index >= 15 is 0 Å². The Balaban J connectivity index is 2.97. The number of hydrogen-bond acceptors (Lipinski definition) is 6. The second-order valence-electron chi connectivity index (χ2n) is 3.10. The van der Waals surface area contributed by atoms with Gasteiger partial charge in [0.15, 0.2) is 0 Å². The van der Waals surface area contributed by atoms with Crippen LogP contribution in [0.25, 0.3) is 0 Å². The molecular weight excluding hydrogens is 223 g/mol. The first-order valence-corrected chi connectivity index (χ1v) is 6.51. The van der Waals surface area contributed by atoms with Crippen molar-refractivity contribution in [3.05, 3.63) is 0 Å². The first-order valence-electron chi connectivity index (χ1n) is 4.65. The molecule has 0 aliphatic carbocycles. The minimum atomic E-state index is -4.62. The van der Waals surface area contributed by atoms with Crippen LogP contribution in [0.15, 0.2) is 0 Å². The second-order valence-corrected chi connectivity index (χ2v) is 5.73. The molecule has 0 radical (unpaired) electrons. The number of nitrogens with zero attached hydrogens (tertiary/aromatic N) is 2. The van der Waals surface area contributed by atoms with E-state index in [-0.39, 0.29) is 13.2 Å². The van der Waals surface area contributed by atoms with Crippen molar-refractivity contribution >= 4 is 13.8 Å². The molecule has 0 aromatic heterocycles. The van der Waals surface area contributed by atoms with Crippen LogP contribution in [0.2, 0.25) is 0 Å². The number of amides is 1. The molecule has 1 heterocycles. The maximum atomic E-state index is 12.4. The molecule has 0 atom stereocenters. The molecule has 0 spiro atoms. The zero-order chi connectivity index (χ0) is 11.7. The molecule has 0 bridgehead atoms. The third-order valence-electron chi connectivity index (χ3n) is 1.77. The van der Waals surface area contributed by atoms with Crippen molar-refractivity contribution in [1.82, 2.24) is 9.79 Å². The summed E-state index contributed by atoms with van der Waals surface area (Å²) in [5, 5.41) is 1.32. The molecule has 1 aliphatic heterocycles. The number of hydrogen-bond donors (Lipinski definition) is 0. The van der Waals surface area contributed by atoms with Crippen LogP contribution in [0, 0.1) is 0 Å². The van der Waals surface area contributed by atoms with E-state index in [9.17, 15) is 9.69 Å². The van der Waals surface area contributed by atoms with Gasteiger partial charge in [-0.3, -0.25) is 0 Å². The third kappa shape index (κ3) is 1.81. The van der Waals surface area contributed by atoms with Crippen molar-refractivity contribution in [1.29, 1.82) is 0 Å². The van der Waals surface area contributed by atoms with Crippen molar-refractivity contribution in [2.45, 2.75) is 13.8 Å². The van der Waals surface area contributed by atoms with Gasteiger partial charge >= 0.3 is 88.0 Å². The van der Waals surface area contributed by atoms with E-state index in [1.54, 1.807) is 27.9 Å². The Morgan fingerprint density at radius 1 is 1.40 bits per heavy atom. The van der Waals surface area contributed by atoms with Crippen LogP contribution >= 0.6 is 7.66 Å². The summed E-state index contributed by atoms with van der Waals surface area (Å²) in [5.74, 6) is 0. The zero-order valence-electron chi connectivity index (χ0n) is 9.30. The van der Waals surface area contributed by atoms with Gasteiger partial charge in [-0.1, -0.05) is 0 Å². The molecular formula is C7H16N2O5P-. The summed E-state index contributed by atoms with van der Waals surface area (Å²) in [6.07, 6.45) is -0.741. The number of rotatable bonds is 5. The minimum absolute atomic E-state index is 0.124. The van der Waals surface area contributed by atoms with Crippen LogP contribution in [0.3, 0.4) is 0 Å². The van der Waals surface area contributed by atoms with Crippen LogP contribution in [0.4, 0.5) is 4.79 Å². The predicted molar refractivity (Wildman–Crippen MR) is 52.2 cm³/mol. The monoisotopic (exact) mass is 239 g/mol. The SMILES string of the molecule is CCOP1([O-])(OCC)OC(=O)N1N(C)C. The van der Waals surface area contributed by atoms with Crippen molar-refractivity contribution in [2.24, 2.45) is 0 Å². The molecule has 0 unspecified atom stereocenters. The fraction of sp³-hybridized carbons (Fsp3) is 0.857. The summed E-state index contributed by atoms with van der Waals surface area (Å²) in [5.41, 5.74) is 0. The standard InChI is InChI=1S/C7H16N2O5P/c1-5-12-15(11,13-6-2)9(8(3)4)7(10)14-15/h5-6H2,1-4H3/q-1. The fourth-order valence-corrected chi connectivity index (χ4v) is 3.85. The van der Waals surface area contributed by atoms with Crippen molar-refractivity contribution < 1.29 is 23.3 Å². The van der Waals surface area contributed by atoms with Crippen LogP contribution in [-0.2, 0) is 13.6 Å². The first kappa shape index (κ1) is 12.6. The molecule has 1 amide bonds. The van der Waals surface area contributed by atoms with Crippen molar-refractivity contribution in [2.75, 3.05) is 27.3 Å². The molecule has 0 N–H and O–H groups in total. The van der Waals surface area contributed by atoms with Gasteiger partial charge in [0.25, 0.3) is 0 Å². The molecule has 8 heteroatoms. The third-order valence-corrected chi connectivity index (χ3v) is 4.75. The Morgan fingerprint density at radius 3 is 2.13 bits per heavy atom. The van der Waals surface area contributed by atoms with Gasteiger partial charge in [-0.2, -0.15) is 0 Å². The average Bonchev–Trinajstić information content (AvgIpc) is 2.01. The van der Waals surface area contributed by atoms with Gasteiger partial charge in [-0.05, 0) is 0 Å².